The summed E-state index contributed by atoms with van der Waals surface area (Å²) < 4.78 is 0.875. The molecule has 3 N–H and O–H groups in total. The standard InChI is InChI=1S/C8H11BrN2OS.ClH/c1-5-4-6(7(9)13-5)8(12)11-3-2-10;/h4H,2-3,10H2,1H3,(H,11,12);1H. The number of carbonyl (C=O) groups is 1. The van der Waals surface area contributed by atoms with Gasteiger partial charge in [-0.1, -0.05) is 0 Å². The fourth-order valence-electron chi connectivity index (χ4n) is 0.922. The summed E-state index contributed by atoms with van der Waals surface area (Å²) in [5, 5.41) is 2.72. The molecule has 1 amide bonds. The van der Waals surface area contributed by atoms with Gasteiger partial charge in [-0.2, -0.15) is 0 Å². The van der Waals surface area contributed by atoms with Gasteiger partial charge in [0.05, 0.1) is 9.35 Å². The fourth-order valence-corrected chi connectivity index (χ4v) is 2.70. The van der Waals surface area contributed by atoms with Gasteiger partial charge in [-0.05, 0) is 28.9 Å². The first-order valence-corrected chi connectivity index (χ1v) is 5.50. The van der Waals surface area contributed by atoms with Crippen LogP contribution in [0.25, 0.3) is 0 Å². The average Bonchev–Trinajstić information content (AvgIpc) is 2.41. The van der Waals surface area contributed by atoms with Crippen molar-refractivity contribution in [1.29, 1.82) is 0 Å². The van der Waals surface area contributed by atoms with Crippen LogP contribution in [-0.2, 0) is 0 Å². The van der Waals surface area contributed by atoms with Crippen LogP contribution in [-0.4, -0.2) is 19.0 Å². The normalized spacial score (nSPS) is 9.36. The Morgan fingerprint density at radius 1 is 1.71 bits per heavy atom. The molecule has 0 aromatic carbocycles. The lowest BCUT2D eigenvalue weighted by Gasteiger charge is -2.00. The van der Waals surface area contributed by atoms with Crippen LogP contribution in [0.15, 0.2) is 9.85 Å². The molecule has 0 aliphatic carbocycles. The lowest BCUT2D eigenvalue weighted by molar-refractivity contribution is 0.0954. The van der Waals surface area contributed by atoms with Gasteiger partial charge >= 0.3 is 0 Å². The zero-order chi connectivity index (χ0) is 9.84. The summed E-state index contributed by atoms with van der Waals surface area (Å²) >= 11 is 4.89. The first-order valence-electron chi connectivity index (χ1n) is 3.89. The smallest absolute Gasteiger partial charge is 0.253 e. The second-order valence-corrected chi connectivity index (χ2v) is 5.16. The summed E-state index contributed by atoms with van der Waals surface area (Å²) in [6.07, 6.45) is 0. The number of halogens is 2. The summed E-state index contributed by atoms with van der Waals surface area (Å²) in [7, 11) is 0. The van der Waals surface area contributed by atoms with E-state index in [2.05, 4.69) is 21.2 Å². The minimum absolute atomic E-state index is 0. The molecule has 0 spiro atoms. The molecule has 0 unspecified atom stereocenters. The Hall–Kier alpha value is -0.1000. The molecule has 0 aliphatic heterocycles. The lowest BCUT2D eigenvalue weighted by Crippen LogP contribution is -2.28. The van der Waals surface area contributed by atoms with Gasteiger partial charge in [-0.3, -0.25) is 4.79 Å². The van der Waals surface area contributed by atoms with Crippen molar-refractivity contribution in [2.75, 3.05) is 13.1 Å². The molecule has 0 atom stereocenters. The SMILES string of the molecule is Cc1cc(C(=O)NCCN)c(Br)s1.Cl. The van der Waals surface area contributed by atoms with Crippen LogP contribution in [0.2, 0.25) is 0 Å². The molecule has 0 aliphatic rings. The predicted octanol–water partition coefficient (Wildman–Crippen LogP) is 1.93. The number of aryl methyl sites for hydroxylation is 1. The van der Waals surface area contributed by atoms with Gasteiger partial charge in [0.2, 0.25) is 0 Å². The Labute approximate surface area is 102 Å². The molecule has 1 aromatic heterocycles. The number of hydrogen-bond donors (Lipinski definition) is 2. The minimum Gasteiger partial charge on any atom is -0.351 e. The number of thiophene rings is 1. The van der Waals surface area contributed by atoms with Crippen LogP contribution in [0.5, 0.6) is 0 Å². The molecular formula is C8H12BrClN2OS. The molecule has 80 valence electrons. The highest BCUT2D eigenvalue weighted by molar-refractivity contribution is 9.11. The van der Waals surface area contributed by atoms with Gasteiger partial charge in [0.1, 0.15) is 0 Å². The highest BCUT2D eigenvalue weighted by atomic mass is 79.9. The van der Waals surface area contributed by atoms with Gasteiger partial charge in [-0.25, -0.2) is 0 Å². The molecule has 0 bridgehead atoms. The third-order valence-corrected chi connectivity index (χ3v) is 3.24. The Morgan fingerprint density at radius 3 is 2.79 bits per heavy atom. The summed E-state index contributed by atoms with van der Waals surface area (Å²) in [6.45, 7) is 2.95. The predicted molar refractivity (Wildman–Crippen MR) is 65.4 cm³/mol. The van der Waals surface area contributed by atoms with Crippen LogP contribution in [0.1, 0.15) is 15.2 Å². The molecule has 1 aromatic rings. The van der Waals surface area contributed by atoms with Crippen LogP contribution < -0.4 is 11.1 Å². The van der Waals surface area contributed by atoms with E-state index in [4.69, 9.17) is 5.73 Å². The van der Waals surface area contributed by atoms with E-state index in [1.165, 1.54) is 0 Å². The Kier molecular flexibility index (Phi) is 6.35. The topological polar surface area (TPSA) is 55.1 Å². The van der Waals surface area contributed by atoms with Crippen molar-refractivity contribution < 1.29 is 4.79 Å². The Morgan fingerprint density at radius 2 is 2.36 bits per heavy atom. The zero-order valence-electron chi connectivity index (χ0n) is 7.67. The van der Waals surface area contributed by atoms with Crippen LogP contribution in [0.3, 0.4) is 0 Å². The number of rotatable bonds is 3. The molecule has 6 heteroatoms. The third kappa shape index (κ3) is 3.57. The van der Waals surface area contributed by atoms with E-state index in [0.29, 0.717) is 18.7 Å². The van der Waals surface area contributed by atoms with Crippen molar-refractivity contribution in [3.63, 3.8) is 0 Å². The Bertz CT molecular complexity index is 316. The van der Waals surface area contributed by atoms with Gasteiger partial charge < -0.3 is 11.1 Å². The molecule has 0 radical (unpaired) electrons. The number of nitrogens with two attached hydrogens (primary N) is 1. The first kappa shape index (κ1) is 13.9. The van der Waals surface area contributed by atoms with E-state index in [9.17, 15) is 4.79 Å². The van der Waals surface area contributed by atoms with Crippen molar-refractivity contribution >= 4 is 45.6 Å². The van der Waals surface area contributed by atoms with E-state index >= 15 is 0 Å². The van der Waals surface area contributed by atoms with Gasteiger partial charge in [0.25, 0.3) is 5.91 Å². The van der Waals surface area contributed by atoms with E-state index in [1.807, 2.05) is 13.0 Å². The first-order chi connectivity index (χ1) is 6.15. The Balaban J connectivity index is 0.00000169. The largest absolute Gasteiger partial charge is 0.351 e. The minimum atomic E-state index is -0.0679. The summed E-state index contributed by atoms with van der Waals surface area (Å²) in [4.78, 5) is 12.6. The molecule has 3 nitrogen and oxygen atoms in total. The maximum Gasteiger partial charge on any atom is 0.253 e. The second-order valence-electron chi connectivity index (χ2n) is 2.59. The van der Waals surface area contributed by atoms with Gasteiger partial charge in [-0.15, -0.1) is 23.7 Å². The van der Waals surface area contributed by atoms with E-state index < -0.39 is 0 Å². The molecule has 0 saturated carbocycles. The molecule has 1 heterocycles. The monoisotopic (exact) mass is 298 g/mol. The van der Waals surface area contributed by atoms with Crippen LogP contribution in [0.4, 0.5) is 0 Å². The molecule has 14 heavy (non-hydrogen) atoms. The van der Waals surface area contributed by atoms with E-state index in [1.54, 1.807) is 11.3 Å². The maximum absolute atomic E-state index is 11.4. The van der Waals surface area contributed by atoms with Crippen molar-refractivity contribution in [1.82, 2.24) is 5.32 Å². The molecule has 0 fully saturated rings. The van der Waals surface area contributed by atoms with Crippen LogP contribution in [0, 0.1) is 6.92 Å². The summed E-state index contributed by atoms with van der Waals surface area (Å²) in [6, 6.07) is 1.86. The van der Waals surface area contributed by atoms with Gasteiger partial charge in [0, 0.05) is 18.0 Å². The highest BCUT2D eigenvalue weighted by Gasteiger charge is 2.11. The van der Waals surface area contributed by atoms with Crippen molar-refractivity contribution in [3.8, 4) is 0 Å². The quantitative estimate of drug-likeness (QED) is 0.896. The number of hydrogen-bond acceptors (Lipinski definition) is 3. The summed E-state index contributed by atoms with van der Waals surface area (Å²) in [5.74, 6) is -0.0679. The fraction of sp³-hybridized carbons (Fsp3) is 0.375. The molecular weight excluding hydrogens is 288 g/mol. The number of carbonyl (C=O) groups excluding carboxylic acids is 1. The van der Waals surface area contributed by atoms with Crippen molar-refractivity contribution in [2.45, 2.75) is 6.92 Å². The zero-order valence-corrected chi connectivity index (χ0v) is 10.9. The average molecular weight is 300 g/mol. The van der Waals surface area contributed by atoms with Gasteiger partial charge in [0.15, 0.2) is 0 Å². The number of amides is 1. The molecule has 1 rings (SSSR count). The van der Waals surface area contributed by atoms with E-state index in [0.717, 1.165) is 8.66 Å². The highest BCUT2D eigenvalue weighted by Crippen LogP contribution is 2.27. The lowest BCUT2D eigenvalue weighted by atomic mass is 10.3. The van der Waals surface area contributed by atoms with Crippen molar-refractivity contribution in [2.24, 2.45) is 5.73 Å². The van der Waals surface area contributed by atoms with E-state index in [-0.39, 0.29) is 18.3 Å². The molecule has 0 saturated heterocycles. The number of nitrogens with one attached hydrogen (secondary N) is 1. The third-order valence-electron chi connectivity index (χ3n) is 1.48. The van der Waals surface area contributed by atoms with Crippen LogP contribution >= 0.6 is 39.7 Å². The van der Waals surface area contributed by atoms with Crippen molar-refractivity contribution in [3.05, 3.63) is 20.3 Å². The second kappa shape index (κ2) is 6.40. The maximum atomic E-state index is 11.4. The summed E-state index contributed by atoms with van der Waals surface area (Å²) in [5.41, 5.74) is 5.97.